The summed E-state index contributed by atoms with van der Waals surface area (Å²) in [5.74, 6) is 7.80. The van der Waals surface area contributed by atoms with Gasteiger partial charge < -0.3 is 52.1 Å². The number of hydrogen-bond acceptors (Lipinski definition) is 15. The topological polar surface area (TPSA) is 170 Å². The Balaban J connectivity index is 0.000000140. The van der Waals surface area contributed by atoms with E-state index in [4.69, 9.17) is 52.1 Å². The van der Waals surface area contributed by atoms with Gasteiger partial charge in [-0.1, -0.05) is 88.5 Å². The van der Waals surface area contributed by atoms with E-state index in [0.29, 0.717) is 23.2 Å². The van der Waals surface area contributed by atoms with E-state index in [1.807, 2.05) is 55.4 Å². The molecule has 15 heteroatoms. The molecule has 0 radical (unpaired) electrons. The fraction of sp³-hybridized carbons (Fsp3) is 0.938. The number of fused-ring (bicyclic) bond motifs is 10. The van der Waals surface area contributed by atoms with Gasteiger partial charge in [0.05, 0.1) is 49.6 Å². The maximum atomic E-state index is 11.6. The van der Waals surface area contributed by atoms with Crippen LogP contribution in [0.25, 0.3) is 0 Å². The van der Waals surface area contributed by atoms with Crippen LogP contribution in [0.3, 0.4) is 0 Å². The Hall–Kier alpha value is -2.40. The summed E-state index contributed by atoms with van der Waals surface area (Å²) >= 11 is 0. The minimum absolute atomic E-state index is 0.0162. The van der Waals surface area contributed by atoms with Gasteiger partial charge in [-0.2, -0.15) is 0 Å². The zero-order chi connectivity index (χ0) is 57.4. The van der Waals surface area contributed by atoms with Gasteiger partial charge in [0.15, 0.2) is 46.0 Å². The van der Waals surface area contributed by atoms with Crippen LogP contribution in [0, 0.1) is 105 Å². The lowest BCUT2D eigenvalue weighted by Gasteiger charge is -2.60. The summed E-state index contributed by atoms with van der Waals surface area (Å²) in [6.07, 6.45) is 25.2. The minimum atomic E-state index is -0.206. The Bertz CT molecular complexity index is 1940. The third-order valence-corrected chi connectivity index (χ3v) is 23.0. The predicted octanol–water partition coefficient (Wildman–Crippen LogP) is 13.2. The van der Waals surface area contributed by atoms with Crippen LogP contribution in [0.5, 0.6) is 0 Å². The van der Waals surface area contributed by atoms with Crippen molar-refractivity contribution in [3.63, 3.8) is 0 Å². The van der Waals surface area contributed by atoms with Gasteiger partial charge in [-0.15, -0.1) is 0 Å². The number of carbonyl (C=O) groups is 4. The average molecular weight is 1130 g/mol. The molecule has 0 amide bonds. The van der Waals surface area contributed by atoms with Crippen molar-refractivity contribution >= 4 is 23.9 Å². The van der Waals surface area contributed by atoms with E-state index in [2.05, 4.69) is 20.8 Å². The molecule has 12 rings (SSSR count). The van der Waals surface area contributed by atoms with Gasteiger partial charge in [0.2, 0.25) is 0 Å². The summed E-state index contributed by atoms with van der Waals surface area (Å²) in [7, 11) is 0. The summed E-state index contributed by atoms with van der Waals surface area (Å²) in [5.41, 5.74) is 0.600. The quantitative estimate of drug-likeness (QED) is 0.0460. The van der Waals surface area contributed by atoms with Crippen LogP contribution in [-0.4, -0.2) is 95.8 Å². The molecule has 8 bridgehead atoms. The van der Waals surface area contributed by atoms with Crippen LogP contribution in [0.15, 0.2) is 0 Å². The third kappa shape index (κ3) is 14.5. The fourth-order valence-corrected chi connectivity index (χ4v) is 17.2. The molecular weight excluding hydrogens is 1020 g/mol. The number of rotatable bonds is 21. The first kappa shape index (κ1) is 63.6. The second-order valence-corrected chi connectivity index (χ2v) is 27.8. The molecule has 12 fully saturated rings. The molecule has 80 heavy (non-hydrogen) atoms. The van der Waals surface area contributed by atoms with Gasteiger partial charge >= 0.3 is 23.9 Å². The Morgan fingerprint density at radius 3 is 1.61 bits per heavy atom. The number of esters is 4. The normalized spacial score (nSPS) is 39.3. The Kier molecular flexibility index (Phi) is 22.8. The van der Waals surface area contributed by atoms with E-state index >= 15 is 0 Å². The lowest BCUT2D eigenvalue weighted by Crippen LogP contribution is -2.53. The fourth-order valence-electron chi connectivity index (χ4n) is 17.2. The van der Waals surface area contributed by atoms with Gasteiger partial charge in [-0.3, -0.25) is 19.2 Å². The van der Waals surface area contributed by atoms with Crippen molar-refractivity contribution in [2.75, 3.05) is 47.0 Å². The van der Waals surface area contributed by atoms with Crippen LogP contribution >= 0.6 is 0 Å². The zero-order valence-electron chi connectivity index (χ0n) is 51.4. The molecule has 0 aromatic carbocycles. The van der Waals surface area contributed by atoms with Crippen LogP contribution in [0.4, 0.5) is 0 Å². The first-order valence-corrected chi connectivity index (χ1v) is 32.3. The Morgan fingerprint density at radius 2 is 1.05 bits per heavy atom. The molecule has 9 aliphatic carbocycles. The van der Waals surface area contributed by atoms with E-state index in [0.717, 1.165) is 99.3 Å². The summed E-state index contributed by atoms with van der Waals surface area (Å²) in [6.45, 7) is 24.9. The van der Waals surface area contributed by atoms with Crippen molar-refractivity contribution in [1.29, 1.82) is 0 Å². The number of ether oxygens (including phenoxy) is 11. The second kappa shape index (κ2) is 28.7. The first-order chi connectivity index (χ1) is 38.4. The predicted molar refractivity (Wildman–Crippen MR) is 300 cm³/mol. The van der Waals surface area contributed by atoms with Crippen LogP contribution in [0.2, 0.25) is 0 Å². The summed E-state index contributed by atoms with van der Waals surface area (Å²) < 4.78 is 61.3. The largest absolute Gasteiger partial charge is 0.438 e. The minimum Gasteiger partial charge on any atom is -0.438 e. The lowest BCUT2D eigenvalue weighted by atomic mass is 9.46. The molecule has 3 aliphatic heterocycles. The van der Waals surface area contributed by atoms with Crippen LogP contribution in [-0.2, 0) is 71.3 Å². The highest BCUT2D eigenvalue weighted by Crippen LogP contribution is 2.65. The van der Waals surface area contributed by atoms with Gasteiger partial charge in [-0.25, -0.2) is 0 Å². The van der Waals surface area contributed by atoms with Crippen molar-refractivity contribution in [3.05, 3.63) is 0 Å². The highest BCUT2D eigenvalue weighted by molar-refractivity contribution is 5.72. The Morgan fingerprint density at radius 1 is 0.537 bits per heavy atom. The first-order valence-electron chi connectivity index (χ1n) is 32.3. The van der Waals surface area contributed by atoms with Crippen molar-refractivity contribution in [3.8, 4) is 0 Å². The molecule has 458 valence electrons. The maximum absolute atomic E-state index is 11.6. The van der Waals surface area contributed by atoms with E-state index in [1.165, 1.54) is 103 Å². The summed E-state index contributed by atoms with van der Waals surface area (Å²) in [5, 5.41) is 0. The molecule has 12 aliphatic rings. The highest BCUT2D eigenvalue weighted by atomic mass is 16.8. The Labute approximate surface area is 481 Å². The highest BCUT2D eigenvalue weighted by Gasteiger charge is 2.63. The van der Waals surface area contributed by atoms with Crippen molar-refractivity contribution in [1.82, 2.24) is 0 Å². The number of hydrogen-bond donors (Lipinski definition) is 0. The zero-order valence-corrected chi connectivity index (χ0v) is 51.4. The smallest absolute Gasteiger partial charge is 0.310 e. The molecule has 3 heterocycles. The van der Waals surface area contributed by atoms with E-state index in [1.54, 1.807) is 0 Å². The molecule has 0 N–H and O–H groups in total. The molecule has 16 atom stereocenters. The SMILES string of the molecule is CCC(C)C(=O)OCOC1OC(C)CC12CCCCC2.CCC(C)C(=O)OCOC1OCC2C3CCC(C3)C12.CCC(C)C(=O)OCOC1OCC2C3CCC(C3)C12C.CCC(C)C(=O)OCOCC1(C)C2CC3CC(C2)CC1C3. The molecule has 9 saturated carbocycles. The molecular formula is C65H108O15. The molecule has 1 spiro atoms. The standard InChI is InChI=1S/C18H30O3.C16H26O4.C16H28O4.C15H24O4/c1-4-12(2)17(19)21-11-20-10-18(3)15-6-13-5-14(8-15)9-16(18)7-13;1-4-10(2)14(17)19-9-20-15-16(3)12-6-5-11(7-12)13(16)8-18-15;1-4-12(2)14(17)18-11-19-15-16(10-13(3)20-15)8-6-5-7-9-16;1-3-9(2)14(16)18-8-19-15-13-11-5-4-10(6-11)12(13)7-17-15/h12-16H,4-11H2,1-3H3;10-13,15H,4-9H2,1-3H3;12-13,15H,4-11H2,1-3H3;9-13,15H,3-8H2,1-2H3. The lowest BCUT2D eigenvalue weighted by molar-refractivity contribution is -0.223. The summed E-state index contributed by atoms with van der Waals surface area (Å²) in [4.78, 5) is 46.5. The van der Waals surface area contributed by atoms with Gasteiger partial charge in [0.1, 0.15) is 0 Å². The monoisotopic (exact) mass is 1130 g/mol. The van der Waals surface area contributed by atoms with Crippen molar-refractivity contribution < 1.29 is 71.3 Å². The molecule has 0 aromatic rings. The van der Waals surface area contributed by atoms with E-state index in [9.17, 15) is 19.2 Å². The van der Waals surface area contributed by atoms with Crippen molar-refractivity contribution in [2.45, 2.75) is 236 Å². The van der Waals surface area contributed by atoms with E-state index < -0.39 is 0 Å². The average Bonchev–Trinajstić information content (AvgIpc) is 4.49. The van der Waals surface area contributed by atoms with Gasteiger partial charge in [0, 0.05) is 16.7 Å². The van der Waals surface area contributed by atoms with E-state index in [-0.39, 0.29) is 111 Å². The van der Waals surface area contributed by atoms with Gasteiger partial charge in [-0.05, 0) is 187 Å². The summed E-state index contributed by atoms with van der Waals surface area (Å²) in [6, 6.07) is 0. The second-order valence-electron chi connectivity index (χ2n) is 27.8. The van der Waals surface area contributed by atoms with Crippen LogP contribution < -0.4 is 0 Å². The molecule has 15 nitrogen and oxygen atoms in total. The number of carbonyl (C=O) groups excluding carboxylic acids is 4. The third-order valence-electron chi connectivity index (χ3n) is 23.0. The molecule has 16 unspecified atom stereocenters. The maximum Gasteiger partial charge on any atom is 0.310 e. The molecule has 0 aromatic heterocycles. The molecule has 3 saturated heterocycles. The van der Waals surface area contributed by atoms with Gasteiger partial charge in [0.25, 0.3) is 0 Å². The van der Waals surface area contributed by atoms with Crippen molar-refractivity contribution in [2.24, 2.45) is 105 Å². The van der Waals surface area contributed by atoms with Crippen LogP contribution in [0.1, 0.15) is 211 Å².